The summed E-state index contributed by atoms with van der Waals surface area (Å²) >= 11 is 3.09. The molecule has 0 radical (unpaired) electrons. The van der Waals surface area contributed by atoms with Gasteiger partial charge in [0.25, 0.3) is 0 Å². The molecule has 1 amide bonds. The largest absolute Gasteiger partial charge is 0.311 e. The summed E-state index contributed by atoms with van der Waals surface area (Å²) in [7, 11) is 1.76. The van der Waals surface area contributed by atoms with Crippen LogP contribution in [0, 0.1) is 5.82 Å². The highest BCUT2D eigenvalue weighted by atomic mass is 79.9. The van der Waals surface area contributed by atoms with Crippen LogP contribution in [0.25, 0.3) is 0 Å². The van der Waals surface area contributed by atoms with Crippen molar-refractivity contribution in [3.63, 3.8) is 0 Å². The maximum atomic E-state index is 13.3. The van der Waals surface area contributed by atoms with Crippen LogP contribution in [-0.2, 0) is 4.79 Å². The van der Waals surface area contributed by atoms with Crippen molar-refractivity contribution < 1.29 is 9.18 Å². The highest BCUT2D eigenvalue weighted by Crippen LogP contribution is 2.25. The first-order chi connectivity index (χ1) is 7.63. The minimum Gasteiger partial charge on any atom is -0.311 e. The summed E-state index contributed by atoms with van der Waals surface area (Å²) in [5, 5.41) is 2.95. The standard InChI is InChI=1S/C11H12BrFN2O/c1-14-10-4-5-15(11(10)16)7-2-3-8(12)9(13)6-7/h2-3,6,10,14H,4-5H2,1H3. The summed E-state index contributed by atoms with van der Waals surface area (Å²) < 4.78 is 13.7. The molecule has 2 rings (SSSR count). The predicted molar refractivity (Wildman–Crippen MR) is 63.9 cm³/mol. The van der Waals surface area contributed by atoms with Gasteiger partial charge in [-0.25, -0.2) is 4.39 Å². The lowest BCUT2D eigenvalue weighted by Crippen LogP contribution is -2.36. The van der Waals surface area contributed by atoms with Gasteiger partial charge in [-0.2, -0.15) is 0 Å². The van der Waals surface area contributed by atoms with Crippen LogP contribution >= 0.6 is 15.9 Å². The summed E-state index contributed by atoms with van der Waals surface area (Å²) in [6.07, 6.45) is 0.757. The van der Waals surface area contributed by atoms with Crippen LogP contribution in [0.3, 0.4) is 0 Å². The predicted octanol–water partition coefficient (Wildman–Crippen LogP) is 1.91. The Kier molecular flexibility index (Phi) is 3.25. The molecule has 1 fully saturated rings. The fraction of sp³-hybridized carbons (Fsp3) is 0.364. The average Bonchev–Trinajstić information content (AvgIpc) is 2.64. The van der Waals surface area contributed by atoms with Crippen LogP contribution in [0.5, 0.6) is 0 Å². The third-order valence-electron chi connectivity index (χ3n) is 2.77. The number of halogens is 2. The quantitative estimate of drug-likeness (QED) is 0.901. The molecule has 5 heteroatoms. The fourth-order valence-electron chi connectivity index (χ4n) is 1.86. The van der Waals surface area contributed by atoms with Crippen molar-refractivity contribution in [3.8, 4) is 0 Å². The topological polar surface area (TPSA) is 32.3 Å². The zero-order valence-corrected chi connectivity index (χ0v) is 10.4. The summed E-state index contributed by atoms with van der Waals surface area (Å²) in [6.45, 7) is 0.630. The van der Waals surface area contributed by atoms with Gasteiger partial charge in [0.2, 0.25) is 5.91 Å². The van der Waals surface area contributed by atoms with E-state index >= 15 is 0 Å². The third-order valence-corrected chi connectivity index (χ3v) is 3.41. The molecule has 0 bridgehead atoms. The number of carbonyl (C=O) groups is 1. The highest BCUT2D eigenvalue weighted by Gasteiger charge is 2.31. The van der Waals surface area contributed by atoms with Gasteiger partial charge >= 0.3 is 0 Å². The van der Waals surface area contributed by atoms with Crippen LogP contribution in [0.2, 0.25) is 0 Å². The molecule has 1 aliphatic heterocycles. The summed E-state index contributed by atoms with van der Waals surface area (Å²) in [4.78, 5) is 13.5. The zero-order chi connectivity index (χ0) is 11.7. The molecule has 16 heavy (non-hydrogen) atoms. The van der Waals surface area contributed by atoms with Crippen molar-refractivity contribution in [3.05, 3.63) is 28.5 Å². The van der Waals surface area contributed by atoms with E-state index in [1.807, 2.05) is 0 Å². The van der Waals surface area contributed by atoms with E-state index in [-0.39, 0.29) is 17.8 Å². The monoisotopic (exact) mass is 286 g/mol. The van der Waals surface area contributed by atoms with Gasteiger partial charge in [0.15, 0.2) is 0 Å². The van der Waals surface area contributed by atoms with Gasteiger partial charge in [-0.1, -0.05) is 0 Å². The highest BCUT2D eigenvalue weighted by molar-refractivity contribution is 9.10. The molecule has 1 aliphatic rings. The summed E-state index contributed by atoms with van der Waals surface area (Å²) in [5.41, 5.74) is 0.614. The molecule has 0 spiro atoms. The SMILES string of the molecule is CNC1CCN(c2ccc(Br)c(F)c2)C1=O. The minimum absolute atomic E-state index is 0.00391. The number of carbonyl (C=O) groups excluding carboxylic acids is 1. The Balaban J connectivity index is 2.25. The Morgan fingerprint density at radius 2 is 2.31 bits per heavy atom. The fourth-order valence-corrected chi connectivity index (χ4v) is 2.10. The van der Waals surface area contributed by atoms with E-state index in [1.54, 1.807) is 24.1 Å². The first-order valence-corrected chi connectivity index (χ1v) is 5.86. The second-order valence-corrected chi connectivity index (χ2v) is 4.57. The molecule has 1 atom stereocenters. The molecular formula is C11H12BrFN2O. The van der Waals surface area contributed by atoms with Crippen molar-refractivity contribution in [2.24, 2.45) is 0 Å². The molecule has 0 aliphatic carbocycles. The van der Waals surface area contributed by atoms with Crippen LogP contribution in [0.1, 0.15) is 6.42 Å². The zero-order valence-electron chi connectivity index (χ0n) is 8.84. The molecule has 1 aromatic rings. The van der Waals surface area contributed by atoms with Gasteiger partial charge in [0.05, 0.1) is 10.5 Å². The lowest BCUT2D eigenvalue weighted by molar-refractivity contribution is -0.118. The number of nitrogens with zero attached hydrogens (tertiary/aromatic N) is 1. The van der Waals surface area contributed by atoms with Crippen LogP contribution < -0.4 is 10.2 Å². The molecule has 0 aromatic heterocycles. The number of amides is 1. The van der Waals surface area contributed by atoms with Gasteiger partial charge in [0, 0.05) is 12.2 Å². The lowest BCUT2D eigenvalue weighted by Gasteiger charge is -2.16. The normalized spacial score (nSPS) is 20.6. The molecular weight excluding hydrogens is 275 g/mol. The summed E-state index contributed by atoms with van der Waals surface area (Å²) in [5.74, 6) is -0.345. The van der Waals surface area contributed by atoms with E-state index in [2.05, 4.69) is 21.2 Å². The number of hydrogen-bond donors (Lipinski definition) is 1. The first kappa shape index (κ1) is 11.5. The van der Waals surface area contributed by atoms with Gasteiger partial charge < -0.3 is 10.2 Å². The first-order valence-electron chi connectivity index (χ1n) is 5.07. The van der Waals surface area contributed by atoms with E-state index in [0.29, 0.717) is 16.7 Å². The number of nitrogens with one attached hydrogen (secondary N) is 1. The molecule has 1 heterocycles. The van der Waals surface area contributed by atoms with Gasteiger partial charge in [0.1, 0.15) is 5.82 Å². The molecule has 3 nitrogen and oxygen atoms in total. The Bertz CT molecular complexity index is 424. The van der Waals surface area contributed by atoms with Crippen molar-refractivity contribution in [2.75, 3.05) is 18.5 Å². The number of likely N-dealkylation sites (N-methyl/N-ethyl adjacent to an activating group) is 1. The maximum Gasteiger partial charge on any atom is 0.244 e. The molecule has 0 saturated carbocycles. The maximum absolute atomic E-state index is 13.3. The Morgan fingerprint density at radius 1 is 1.56 bits per heavy atom. The molecule has 1 N–H and O–H groups in total. The van der Waals surface area contributed by atoms with E-state index < -0.39 is 0 Å². The second-order valence-electron chi connectivity index (χ2n) is 3.72. The van der Waals surface area contributed by atoms with Crippen molar-refractivity contribution >= 4 is 27.5 Å². The smallest absolute Gasteiger partial charge is 0.244 e. The number of hydrogen-bond acceptors (Lipinski definition) is 2. The Morgan fingerprint density at radius 3 is 2.88 bits per heavy atom. The van der Waals surface area contributed by atoms with Crippen LogP contribution in [0.4, 0.5) is 10.1 Å². The number of anilines is 1. The molecule has 1 unspecified atom stereocenters. The van der Waals surface area contributed by atoms with E-state index in [4.69, 9.17) is 0 Å². The van der Waals surface area contributed by atoms with Gasteiger partial charge in [-0.15, -0.1) is 0 Å². The van der Waals surface area contributed by atoms with Gasteiger partial charge in [-0.05, 0) is 47.6 Å². The summed E-state index contributed by atoms with van der Waals surface area (Å²) in [6, 6.07) is 4.58. The van der Waals surface area contributed by atoms with E-state index in [0.717, 1.165) is 6.42 Å². The number of rotatable bonds is 2. The molecule has 1 aromatic carbocycles. The lowest BCUT2D eigenvalue weighted by atomic mass is 10.2. The van der Waals surface area contributed by atoms with Crippen LogP contribution in [0.15, 0.2) is 22.7 Å². The average molecular weight is 287 g/mol. The Hall–Kier alpha value is -0.940. The molecule has 86 valence electrons. The second kappa shape index (κ2) is 4.51. The number of benzene rings is 1. The van der Waals surface area contributed by atoms with Crippen molar-refractivity contribution in [1.82, 2.24) is 5.32 Å². The van der Waals surface area contributed by atoms with Gasteiger partial charge in [-0.3, -0.25) is 4.79 Å². The van der Waals surface area contributed by atoms with E-state index in [9.17, 15) is 9.18 Å². The van der Waals surface area contributed by atoms with Crippen LogP contribution in [-0.4, -0.2) is 25.5 Å². The van der Waals surface area contributed by atoms with Crippen molar-refractivity contribution in [1.29, 1.82) is 0 Å². The van der Waals surface area contributed by atoms with Crippen molar-refractivity contribution in [2.45, 2.75) is 12.5 Å². The third kappa shape index (κ3) is 1.97. The Labute approximate surface area is 102 Å². The van der Waals surface area contributed by atoms with E-state index in [1.165, 1.54) is 6.07 Å². The minimum atomic E-state index is -0.349. The molecule has 1 saturated heterocycles.